The van der Waals surface area contributed by atoms with E-state index in [4.69, 9.17) is 4.74 Å². The molecule has 5 nitrogen and oxygen atoms in total. The summed E-state index contributed by atoms with van der Waals surface area (Å²) in [6.07, 6.45) is 12.3. The Hall–Kier alpha value is -3.27. The number of fused-ring (bicyclic) bond motifs is 1. The van der Waals surface area contributed by atoms with Crippen molar-refractivity contribution >= 4 is 10.9 Å². The lowest BCUT2D eigenvalue weighted by Gasteiger charge is -2.28. The minimum atomic E-state index is -0.868. The average Bonchev–Trinajstić information content (AvgIpc) is 3.08. The summed E-state index contributed by atoms with van der Waals surface area (Å²) in [4.78, 5) is 17.9. The molecule has 2 aromatic carbocycles. The largest absolute Gasteiger partial charge is 0.453 e. The first-order valence-electron chi connectivity index (χ1n) is 11.6. The highest BCUT2D eigenvalue weighted by Crippen LogP contribution is 2.51. The average molecular weight is 450 g/mol. The van der Waals surface area contributed by atoms with E-state index in [1.54, 1.807) is 23.0 Å². The fourth-order valence-electron chi connectivity index (χ4n) is 5.64. The van der Waals surface area contributed by atoms with Crippen molar-refractivity contribution in [1.29, 1.82) is 5.26 Å². The zero-order valence-corrected chi connectivity index (χ0v) is 18.3. The van der Waals surface area contributed by atoms with Crippen LogP contribution in [-0.2, 0) is 0 Å². The van der Waals surface area contributed by atoms with Crippen LogP contribution in [0, 0.1) is 28.4 Å². The second-order valence-corrected chi connectivity index (χ2v) is 9.39. The molecule has 0 N–H and O–H groups in total. The van der Waals surface area contributed by atoms with Gasteiger partial charge < -0.3 is 4.74 Å². The van der Waals surface area contributed by atoms with E-state index in [1.807, 2.05) is 0 Å². The van der Waals surface area contributed by atoms with E-state index < -0.39 is 22.9 Å². The van der Waals surface area contributed by atoms with Crippen molar-refractivity contribution in [2.24, 2.45) is 5.41 Å². The summed E-state index contributed by atoms with van der Waals surface area (Å²) >= 11 is 0. The molecule has 0 amide bonds. The number of hydrogen-bond donors (Lipinski definition) is 0. The zero-order chi connectivity index (χ0) is 23.0. The molecule has 0 radical (unpaired) electrons. The number of halogens is 2. The molecule has 0 bridgehead atoms. The van der Waals surface area contributed by atoms with Crippen LogP contribution in [-0.4, -0.2) is 9.55 Å². The van der Waals surface area contributed by atoms with Gasteiger partial charge >= 0.3 is 0 Å². The maximum Gasteiger partial charge on any atom is 0.261 e. The topological polar surface area (TPSA) is 67.9 Å². The van der Waals surface area contributed by atoms with Gasteiger partial charge in [0, 0.05) is 6.04 Å². The first kappa shape index (κ1) is 21.6. The van der Waals surface area contributed by atoms with E-state index >= 15 is 0 Å². The van der Waals surface area contributed by atoms with Gasteiger partial charge in [0.05, 0.1) is 17.2 Å². The fraction of sp³-hybridized carbons (Fsp3) is 0.423. The molecule has 3 aromatic rings. The molecule has 0 unspecified atom stereocenters. The van der Waals surface area contributed by atoms with Gasteiger partial charge in [-0.15, -0.1) is 0 Å². The van der Waals surface area contributed by atoms with Crippen LogP contribution in [0.3, 0.4) is 0 Å². The lowest BCUT2D eigenvalue weighted by Crippen LogP contribution is -2.25. The van der Waals surface area contributed by atoms with Gasteiger partial charge in [0.1, 0.15) is 23.2 Å². The quantitative estimate of drug-likeness (QED) is 0.464. The third-order valence-corrected chi connectivity index (χ3v) is 7.38. The highest BCUT2D eigenvalue weighted by Gasteiger charge is 2.40. The Labute approximate surface area is 190 Å². The number of aromatic nitrogens is 2. The van der Waals surface area contributed by atoms with E-state index in [0.717, 1.165) is 31.4 Å². The molecule has 0 saturated heterocycles. The van der Waals surface area contributed by atoms with Gasteiger partial charge in [0.2, 0.25) is 0 Å². The SMILES string of the molecule is N#Cc1c(F)ccc(F)c1Oc1ccc2ncn([C@H]3CCC4(CCCCCC4)C3)c(=O)c2c1. The Bertz CT molecular complexity index is 1300. The fourth-order valence-corrected chi connectivity index (χ4v) is 5.64. The third kappa shape index (κ3) is 3.99. The maximum absolute atomic E-state index is 14.2. The minimum Gasteiger partial charge on any atom is -0.453 e. The number of ether oxygens (including phenoxy) is 1. The van der Waals surface area contributed by atoms with Crippen molar-refractivity contribution in [3.63, 3.8) is 0 Å². The van der Waals surface area contributed by atoms with Crippen molar-refractivity contribution in [3.8, 4) is 17.6 Å². The molecule has 0 aliphatic heterocycles. The van der Waals surface area contributed by atoms with Crippen LogP contribution in [0.25, 0.3) is 10.9 Å². The maximum atomic E-state index is 14.2. The van der Waals surface area contributed by atoms with Crippen molar-refractivity contribution < 1.29 is 13.5 Å². The van der Waals surface area contributed by atoms with Crippen LogP contribution in [0.5, 0.6) is 11.5 Å². The second kappa shape index (κ2) is 8.58. The zero-order valence-electron chi connectivity index (χ0n) is 18.3. The highest BCUT2D eigenvalue weighted by molar-refractivity contribution is 5.79. The lowest BCUT2D eigenvalue weighted by atomic mass is 9.79. The Balaban J connectivity index is 1.48. The Morgan fingerprint density at radius 2 is 1.82 bits per heavy atom. The third-order valence-electron chi connectivity index (χ3n) is 7.38. The molecule has 1 atom stereocenters. The molecule has 170 valence electrons. The smallest absolute Gasteiger partial charge is 0.261 e. The summed E-state index contributed by atoms with van der Waals surface area (Å²) < 4.78 is 35.4. The van der Waals surface area contributed by atoms with Gasteiger partial charge in [0.15, 0.2) is 11.6 Å². The van der Waals surface area contributed by atoms with E-state index in [9.17, 15) is 18.8 Å². The van der Waals surface area contributed by atoms with Crippen molar-refractivity contribution in [3.05, 3.63) is 64.2 Å². The van der Waals surface area contributed by atoms with Gasteiger partial charge in [-0.05, 0) is 67.9 Å². The predicted octanol–water partition coefficient (Wildman–Crippen LogP) is 6.40. The second-order valence-electron chi connectivity index (χ2n) is 9.39. The van der Waals surface area contributed by atoms with Crippen molar-refractivity contribution in [2.45, 2.75) is 63.8 Å². The molecule has 5 rings (SSSR count). The summed E-state index contributed by atoms with van der Waals surface area (Å²) in [5.74, 6) is -2.07. The molecule has 1 spiro atoms. The molecule has 33 heavy (non-hydrogen) atoms. The van der Waals surface area contributed by atoms with E-state index in [1.165, 1.54) is 50.7 Å². The number of nitriles is 1. The first-order chi connectivity index (χ1) is 16.0. The van der Waals surface area contributed by atoms with Gasteiger partial charge in [-0.2, -0.15) is 5.26 Å². The van der Waals surface area contributed by atoms with Crippen LogP contribution in [0.15, 0.2) is 41.5 Å². The standard InChI is InChI=1S/C26H25F2N3O2/c27-21-6-7-22(28)24(20(21)15-29)33-18-5-8-23-19(13-18)25(32)31(16-30-23)17-9-12-26(14-17)10-3-1-2-4-11-26/h5-8,13,16-17H,1-4,9-12,14H2/t17-/m0/s1. The number of rotatable bonds is 3. The number of benzene rings is 2. The Kier molecular flexibility index (Phi) is 5.61. The Morgan fingerprint density at radius 3 is 2.58 bits per heavy atom. The first-order valence-corrected chi connectivity index (χ1v) is 11.6. The molecular weight excluding hydrogens is 424 g/mol. The van der Waals surface area contributed by atoms with Gasteiger partial charge in [-0.25, -0.2) is 13.8 Å². The molecule has 7 heteroatoms. The minimum absolute atomic E-state index is 0.114. The summed E-state index contributed by atoms with van der Waals surface area (Å²) in [5, 5.41) is 9.55. The van der Waals surface area contributed by atoms with Gasteiger partial charge in [-0.1, -0.05) is 25.7 Å². The van der Waals surface area contributed by atoms with Crippen LogP contribution in [0.2, 0.25) is 0 Å². The lowest BCUT2D eigenvalue weighted by molar-refractivity contribution is 0.242. The summed E-state index contributed by atoms with van der Waals surface area (Å²) in [7, 11) is 0. The molecule has 2 aliphatic rings. The highest BCUT2D eigenvalue weighted by atomic mass is 19.1. The molecule has 2 fully saturated rings. The predicted molar refractivity (Wildman–Crippen MR) is 120 cm³/mol. The number of nitrogens with zero attached hydrogens (tertiary/aromatic N) is 3. The van der Waals surface area contributed by atoms with E-state index in [-0.39, 0.29) is 17.4 Å². The number of hydrogen-bond acceptors (Lipinski definition) is 4. The monoisotopic (exact) mass is 449 g/mol. The van der Waals surface area contributed by atoms with Crippen LogP contribution in [0.1, 0.15) is 69.4 Å². The normalized spacial score (nSPS) is 20.0. The molecule has 2 saturated carbocycles. The van der Waals surface area contributed by atoms with Crippen LogP contribution in [0.4, 0.5) is 8.78 Å². The van der Waals surface area contributed by atoms with Crippen molar-refractivity contribution in [2.75, 3.05) is 0 Å². The summed E-state index contributed by atoms with van der Waals surface area (Å²) in [5.41, 5.74) is 0.161. The molecular formula is C26H25F2N3O2. The summed E-state index contributed by atoms with van der Waals surface area (Å²) in [6.45, 7) is 0. The van der Waals surface area contributed by atoms with Crippen molar-refractivity contribution in [1.82, 2.24) is 9.55 Å². The van der Waals surface area contributed by atoms with Crippen LogP contribution < -0.4 is 10.3 Å². The molecule has 1 aromatic heterocycles. The Morgan fingerprint density at radius 1 is 1.06 bits per heavy atom. The van der Waals surface area contributed by atoms with E-state index in [0.29, 0.717) is 16.3 Å². The van der Waals surface area contributed by atoms with Gasteiger partial charge in [-0.3, -0.25) is 9.36 Å². The van der Waals surface area contributed by atoms with E-state index in [2.05, 4.69) is 4.98 Å². The van der Waals surface area contributed by atoms with Crippen LogP contribution >= 0.6 is 0 Å². The molecule has 2 aliphatic carbocycles. The molecule has 1 heterocycles. The summed E-state index contributed by atoms with van der Waals surface area (Å²) in [6, 6.07) is 8.17. The van der Waals surface area contributed by atoms with Gasteiger partial charge in [0.25, 0.3) is 5.56 Å².